The highest BCUT2D eigenvalue weighted by Gasteiger charge is 2.13. The summed E-state index contributed by atoms with van der Waals surface area (Å²) in [6, 6.07) is 11.0. The Morgan fingerprint density at radius 3 is 2.61 bits per heavy atom. The van der Waals surface area contributed by atoms with Crippen LogP contribution in [0.1, 0.15) is 15.2 Å². The molecule has 1 aromatic carbocycles. The van der Waals surface area contributed by atoms with E-state index in [1.165, 1.54) is 11.3 Å². The Kier molecular flexibility index (Phi) is 4.08. The molecule has 3 aromatic rings. The minimum absolute atomic E-state index is 0.425. The van der Waals surface area contributed by atoms with Crippen LogP contribution in [0.2, 0.25) is 0 Å². The maximum atomic E-state index is 11.3. The van der Waals surface area contributed by atoms with Gasteiger partial charge in [-0.1, -0.05) is 0 Å². The third-order valence-corrected chi connectivity index (χ3v) is 4.42. The number of thiazole rings is 1. The van der Waals surface area contributed by atoms with Gasteiger partial charge in [0.1, 0.15) is 10.8 Å². The molecule has 0 saturated heterocycles. The Balaban J connectivity index is 2.00. The first-order valence-corrected chi connectivity index (χ1v) is 7.78. The first-order chi connectivity index (χ1) is 11.1. The average Bonchev–Trinajstić information content (AvgIpc) is 2.97. The van der Waals surface area contributed by atoms with Crippen molar-refractivity contribution in [2.75, 3.05) is 7.11 Å². The van der Waals surface area contributed by atoms with Crippen molar-refractivity contribution in [2.45, 2.75) is 6.92 Å². The van der Waals surface area contributed by atoms with Gasteiger partial charge < -0.3 is 10.5 Å². The molecule has 0 atom stereocenters. The average molecular weight is 325 g/mol. The molecule has 0 saturated carbocycles. The number of pyridine rings is 1. The summed E-state index contributed by atoms with van der Waals surface area (Å²) in [7, 11) is 1.64. The Hall–Kier alpha value is -2.73. The lowest BCUT2D eigenvalue weighted by Crippen LogP contribution is -2.10. The summed E-state index contributed by atoms with van der Waals surface area (Å²) in [5.74, 6) is 0.329. The number of rotatable bonds is 4. The van der Waals surface area contributed by atoms with Crippen LogP contribution in [0, 0.1) is 6.92 Å². The quantitative estimate of drug-likeness (QED) is 0.798. The number of hydrogen-bond acceptors (Lipinski definition) is 5. The molecular weight excluding hydrogens is 310 g/mol. The molecule has 2 aromatic heterocycles. The molecule has 1 amide bonds. The summed E-state index contributed by atoms with van der Waals surface area (Å²) in [6.45, 7) is 2.01. The van der Waals surface area contributed by atoms with Gasteiger partial charge in [0.2, 0.25) is 5.91 Å². The topological polar surface area (TPSA) is 78.1 Å². The fraction of sp³-hybridized carbons (Fsp3) is 0.118. The van der Waals surface area contributed by atoms with E-state index in [1.807, 2.05) is 31.2 Å². The molecule has 2 N–H and O–H groups in total. The van der Waals surface area contributed by atoms with Crippen LogP contribution >= 0.6 is 11.3 Å². The lowest BCUT2D eigenvalue weighted by atomic mass is 10.1. The van der Waals surface area contributed by atoms with Crippen molar-refractivity contribution < 1.29 is 9.53 Å². The van der Waals surface area contributed by atoms with Gasteiger partial charge in [-0.2, -0.15) is 0 Å². The Morgan fingerprint density at radius 2 is 1.96 bits per heavy atom. The molecule has 3 rings (SSSR count). The van der Waals surface area contributed by atoms with Crippen molar-refractivity contribution in [3.63, 3.8) is 0 Å². The predicted octanol–water partition coefficient (Wildman–Crippen LogP) is 3.29. The monoisotopic (exact) mass is 325 g/mol. The molecule has 0 fully saturated rings. The summed E-state index contributed by atoms with van der Waals surface area (Å²) >= 11 is 1.54. The Morgan fingerprint density at radius 1 is 1.22 bits per heavy atom. The van der Waals surface area contributed by atoms with Crippen LogP contribution in [0.3, 0.4) is 0 Å². The van der Waals surface area contributed by atoms with Crippen molar-refractivity contribution >= 4 is 17.2 Å². The number of hydrogen-bond donors (Lipinski definition) is 1. The first-order valence-electron chi connectivity index (χ1n) is 6.96. The highest BCUT2D eigenvalue weighted by Crippen LogP contribution is 2.33. The van der Waals surface area contributed by atoms with Gasteiger partial charge >= 0.3 is 0 Å². The van der Waals surface area contributed by atoms with Gasteiger partial charge in [0.05, 0.1) is 18.5 Å². The molecule has 116 valence electrons. The molecule has 0 aliphatic heterocycles. The summed E-state index contributed by atoms with van der Waals surface area (Å²) in [6.07, 6.45) is 1.57. The van der Waals surface area contributed by atoms with Crippen molar-refractivity contribution in [1.82, 2.24) is 9.97 Å². The third kappa shape index (κ3) is 3.07. The number of aromatic nitrogens is 2. The smallest absolute Gasteiger partial charge is 0.248 e. The summed E-state index contributed by atoms with van der Waals surface area (Å²) in [5.41, 5.74) is 8.30. The van der Waals surface area contributed by atoms with E-state index >= 15 is 0 Å². The van der Waals surface area contributed by atoms with Gasteiger partial charge in [0.25, 0.3) is 0 Å². The molecule has 0 unspecified atom stereocenters. The number of primary amides is 1. The van der Waals surface area contributed by atoms with E-state index in [9.17, 15) is 4.79 Å². The SMILES string of the molecule is COc1ccc(-c2nc(-c3cc(C(N)=O)ccn3)sc2C)cc1. The van der Waals surface area contributed by atoms with E-state index in [0.717, 1.165) is 26.9 Å². The summed E-state index contributed by atoms with van der Waals surface area (Å²) in [5, 5.41) is 0.761. The molecule has 0 bridgehead atoms. The molecule has 23 heavy (non-hydrogen) atoms. The standard InChI is InChI=1S/C17H15N3O2S/c1-10-15(11-3-5-13(22-2)6-4-11)20-17(23-10)14-9-12(16(18)21)7-8-19-14/h3-9H,1-2H3,(H2,18,21). The number of ether oxygens (including phenoxy) is 1. The van der Waals surface area contributed by atoms with Crippen molar-refractivity contribution in [3.05, 3.63) is 53.0 Å². The lowest BCUT2D eigenvalue weighted by molar-refractivity contribution is 0.1000. The van der Waals surface area contributed by atoms with Crippen molar-refractivity contribution in [2.24, 2.45) is 5.73 Å². The third-order valence-electron chi connectivity index (χ3n) is 3.42. The zero-order valence-electron chi connectivity index (χ0n) is 12.7. The number of carbonyl (C=O) groups is 1. The van der Waals surface area contributed by atoms with E-state index in [0.29, 0.717) is 11.3 Å². The van der Waals surface area contributed by atoms with Gasteiger partial charge in [-0.05, 0) is 43.3 Å². The predicted molar refractivity (Wildman–Crippen MR) is 90.6 cm³/mol. The van der Waals surface area contributed by atoms with Gasteiger partial charge in [0.15, 0.2) is 0 Å². The van der Waals surface area contributed by atoms with Crippen molar-refractivity contribution in [3.8, 4) is 27.7 Å². The lowest BCUT2D eigenvalue weighted by Gasteiger charge is -2.02. The van der Waals surface area contributed by atoms with Crippen LogP contribution < -0.4 is 10.5 Å². The number of benzene rings is 1. The molecule has 0 radical (unpaired) electrons. The zero-order valence-corrected chi connectivity index (χ0v) is 13.6. The molecule has 0 spiro atoms. The fourth-order valence-corrected chi connectivity index (χ4v) is 3.13. The van der Waals surface area contributed by atoms with Gasteiger partial charge in [-0.15, -0.1) is 11.3 Å². The van der Waals surface area contributed by atoms with Crippen molar-refractivity contribution in [1.29, 1.82) is 0 Å². The maximum absolute atomic E-state index is 11.3. The highest BCUT2D eigenvalue weighted by atomic mass is 32.1. The first kappa shape index (κ1) is 15.2. The van der Waals surface area contributed by atoms with Gasteiger partial charge in [-0.25, -0.2) is 4.98 Å². The summed E-state index contributed by atoms with van der Waals surface area (Å²) in [4.78, 5) is 21.3. The number of nitrogens with two attached hydrogens (primary N) is 1. The minimum Gasteiger partial charge on any atom is -0.497 e. The van der Waals surface area contributed by atoms with Crippen LogP contribution in [0.5, 0.6) is 5.75 Å². The fourth-order valence-electron chi connectivity index (χ4n) is 2.22. The second kappa shape index (κ2) is 6.18. The van der Waals surface area contributed by atoms with Crippen LogP contribution in [0.4, 0.5) is 0 Å². The molecule has 6 heteroatoms. The maximum Gasteiger partial charge on any atom is 0.248 e. The van der Waals surface area contributed by atoms with Crippen LogP contribution in [0.25, 0.3) is 22.0 Å². The largest absolute Gasteiger partial charge is 0.497 e. The second-order valence-electron chi connectivity index (χ2n) is 4.95. The number of aryl methyl sites for hydroxylation is 1. The van der Waals surface area contributed by atoms with E-state index < -0.39 is 5.91 Å². The number of carbonyl (C=O) groups excluding carboxylic acids is 1. The van der Waals surface area contributed by atoms with E-state index in [4.69, 9.17) is 10.5 Å². The number of methoxy groups -OCH3 is 1. The molecule has 5 nitrogen and oxygen atoms in total. The number of amides is 1. The molecule has 0 aliphatic carbocycles. The molecule has 0 aliphatic rings. The van der Waals surface area contributed by atoms with E-state index in [-0.39, 0.29) is 0 Å². The molecule has 2 heterocycles. The Bertz CT molecular complexity index is 857. The second-order valence-corrected chi connectivity index (χ2v) is 6.15. The van der Waals surface area contributed by atoms with Crippen LogP contribution in [-0.2, 0) is 0 Å². The normalized spacial score (nSPS) is 10.5. The molecular formula is C17H15N3O2S. The van der Waals surface area contributed by atoms with Gasteiger partial charge in [0, 0.05) is 22.2 Å². The summed E-state index contributed by atoms with van der Waals surface area (Å²) < 4.78 is 5.17. The van der Waals surface area contributed by atoms with Gasteiger partial charge in [-0.3, -0.25) is 9.78 Å². The van der Waals surface area contributed by atoms with Crippen LogP contribution in [-0.4, -0.2) is 23.0 Å². The van der Waals surface area contributed by atoms with Crippen LogP contribution in [0.15, 0.2) is 42.6 Å². The number of nitrogens with zero attached hydrogens (tertiary/aromatic N) is 2. The Labute approximate surface area is 137 Å². The zero-order chi connectivity index (χ0) is 16.4. The van der Waals surface area contributed by atoms with E-state index in [1.54, 1.807) is 25.4 Å². The highest BCUT2D eigenvalue weighted by molar-refractivity contribution is 7.15. The minimum atomic E-state index is -0.475. The van der Waals surface area contributed by atoms with E-state index in [2.05, 4.69) is 9.97 Å².